The number of rotatable bonds is 4. The number of hydrogen-bond donors (Lipinski definition) is 3. The molecule has 6 nitrogen and oxygen atoms in total. The lowest BCUT2D eigenvalue weighted by Gasteiger charge is -2.32. The number of pyridine rings is 1. The minimum absolute atomic E-state index is 0.0474. The fraction of sp³-hybridized carbons (Fsp3) is 0.600. The Morgan fingerprint density at radius 2 is 2.35 bits per heavy atom. The summed E-state index contributed by atoms with van der Waals surface area (Å²) in [6, 6.07) is -0.164. The van der Waals surface area contributed by atoms with Gasteiger partial charge in [0.15, 0.2) is 0 Å². The van der Waals surface area contributed by atoms with Gasteiger partial charge in [0.1, 0.15) is 11.9 Å². The maximum absolute atomic E-state index is 13.5. The van der Waals surface area contributed by atoms with E-state index in [1.54, 1.807) is 20.8 Å². The molecule has 128 valence electrons. The van der Waals surface area contributed by atoms with E-state index in [9.17, 15) is 9.18 Å². The van der Waals surface area contributed by atoms with Crippen molar-refractivity contribution < 1.29 is 19.0 Å². The number of amides is 1. The van der Waals surface area contributed by atoms with Crippen LogP contribution in [0.2, 0.25) is 5.02 Å². The summed E-state index contributed by atoms with van der Waals surface area (Å²) < 4.78 is 18.9. The molecule has 1 aliphatic rings. The second-order valence-corrected chi connectivity index (χ2v) is 6.50. The Morgan fingerprint density at radius 1 is 1.65 bits per heavy atom. The van der Waals surface area contributed by atoms with Gasteiger partial charge in [0, 0.05) is 12.1 Å². The van der Waals surface area contributed by atoms with E-state index < -0.39 is 17.5 Å². The van der Waals surface area contributed by atoms with Crippen molar-refractivity contribution in [3.63, 3.8) is 0 Å². The van der Waals surface area contributed by atoms with E-state index in [-0.39, 0.29) is 30.2 Å². The zero-order valence-electron chi connectivity index (χ0n) is 13.3. The SMILES string of the molecule is Cc1c(F)cnc(C(C)(C)NC(=O)[C@@H]2CN[C@H](CO)CO2)c1Cl. The largest absolute Gasteiger partial charge is 0.395 e. The molecule has 2 heterocycles. The molecule has 1 saturated heterocycles. The first-order valence-corrected chi connectivity index (χ1v) is 7.73. The summed E-state index contributed by atoms with van der Waals surface area (Å²) in [6.07, 6.45) is 0.423. The summed E-state index contributed by atoms with van der Waals surface area (Å²) in [7, 11) is 0. The summed E-state index contributed by atoms with van der Waals surface area (Å²) in [5, 5.41) is 15.1. The molecule has 23 heavy (non-hydrogen) atoms. The Hall–Kier alpha value is -1.28. The van der Waals surface area contributed by atoms with Gasteiger partial charge in [0.05, 0.1) is 41.7 Å². The topological polar surface area (TPSA) is 83.5 Å². The third kappa shape index (κ3) is 3.98. The van der Waals surface area contributed by atoms with Crippen molar-refractivity contribution >= 4 is 17.5 Å². The quantitative estimate of drug-likeness (QED) is 0.754. The maximum atomic E-state index is 13.5. The molecular weight excluding hydrogens is 325 g/mol. The lowest BCUT2D eigenvalue weighted by atomic mass is 9.97. The van der Waals surface area contributed by atoms with Crippen LogP contribution >= 0.6 is 11.6 Å². The van der Waals surface area contributed by atoms with Crippen LogP contribution in [0.1, 0.15) is 25.1 Å². The van der Waals surface area contributed by atoms with Gasteiger partial charge in [-0.25, -0.2) is 4.39 Å². The summed E-state index contributed by atoms with van der Waals surface area (Å²) >= 11 is 6.16. The van der Waals surface area contributed by atoms with Gasteiger partial charge in [-0.15, -0.1) is 0 Å². The number of carbonyl (C=O) groups excluding carboxylic acids is 1. The number of ether oxygens (including phenoxy) is 1. The number of hydrogen-bond acceptors (Lipinski definition) is 5. The van der Waals surface area contributed by atoms with Crippen molar-refractivity contribution in [3.05, 3.63) is 28.3 Å². The third-order valence-corrected chi connectivity index (χ3v) is 4.30. The Morgan fingerprint density at radius 3 is 2.91 bits per heavy atom. The van der Waals surface area contributed by atoms with Crippen molar-refractivity contribution in [2.75, 3.05) is 19.8 Å². The number of nitrogens with one attached hydrogen (secondary N) is 2. The Labute approximate surface area is 139 Å². The number of aliphatic hydroxyl groups excluding tert-OH is 1. The fourth-order valence-electron chi connectivity index (χ4n) is 2.35. The highest BCUT2D eigenvalue weighted by molar-refractivity contribution is 6.32. The molecule has 2 atom stereocenters. The van der Waals surface area contributed by atoms with Crippen LogP contribution in [-0.2, 0) is 15.1 Å². The molecule has 0 saturated carbocycles. The lowest BCUT2D eigenvalue weighted by molar-refractivity contribution is -0.138. The van der Waals surface area contributed by atoms with Gasteiger partial charge in [-0.05, 0) is 20.8 Å². The van der Waals surface area contributed by atoms with Gasteiger partial charge in [-0.2, -0.15) is 0 Å². The summed E-state index contributed by atoms with van der Waals surface area (Å²) in [5.74, 6) is -0.811. The number of carbonyl (C=O) groups is 1. The monoisotopic (exact) mass is 345 g/mol. The molecule has 2 rings (SSSR count). The highest BCUT2D eigenvalue weighted by atomic mass is 35.5. The molecule has 1 aromatic rings. The van der Waals surface area contributed by atoms with Gasteiger partial charge >= 0.3 is 0 Å². The summed E-state index contributed by atoms with van der Waals surface area (Å²) in [4.78, 5) is 16.4. The van der Waals surface area contributed by atoms with Crippen molar-refractivity contribution in [1.82, 2.24) is 15.6 Å². The van der Waals surface area contributed by atoms with Gasteiger partial charge in [0.25, 0.3) is 5.91 Å². The van der Waals surface area contributed by atoms with Crippen LogP contribution in [0.4, 0.5) is 4.39 Å². The van der Waals surface area contributed by atoms with Crippen molar-refractivity contribution in [1.29, 1.82) is 0 Å². The van der Waals surface area contributed by atoms with Crippen molar-refractivity contribution in [2.45, 2.75) is 38.5 Å². The second-order valence-electron chi connectivity index (χ2n) is 6.12. The van der Waals surface area contributed by atoms with E-state index >= 15 is 0 Å². The molecule has 0 aliphatic carbocycles. The van der Waals surface area contributed by atoms with Gasteiger partial charge in [-0.1, -0.05) is 11.6 Å². The Bertz CT molecular complexity index is 590. The van der Waals surface area contributed by atoms with E-state index in [0.717, 1.165) is 6.20 Å². The minimum Gasteiger partial charge on any atom is -0.395 e. The number of aromatic nitrogens is 1. The van der Waals surface area contributed by atoms with E-state index in [1.807, 2.05) is 0 Å². The number of morpholine rings is 1. The fourth-order valence-corrected chi connectivity index (χ4v) is 2.73. The van der Waals surface area contributed by atoms with E-state index in [1.165, 1.54) is 0 Å². The standard InChI is InChI=1S/C15H21ClFN3O3/c1-8-10(17)4-19-13(12(8)16)15(2,3)20-14(22)11-5-18-9(6-21)7-23-11/h4,9,11,18,21H,5-7H2,1-3H3,(H,20,22)/t9-,11+/m1/s1. The third-order valence-electron chi connectivity index (χ3n) is 3.83. The van der Waals surface area contributed by atoms with Gasteiger partial charge < -0.3 is 20.5 Å². The average Bonchev–Trinajstić information content (AvgIpc) is 2.52. The molecule has 1 aromatic heterocycles. The van der Waals surface area contributed by atoms with Crippen molar-refractivity contribution in [3.8, 4) is 0 Å². The molecule has 0 spiro atoms. The van der Waals surface area contributed by atoms with E-state index in [0.29, 0.717) is 17.8 Å². The molecule has 8 heteroatoms. The molecule has 0 unspecified atom stereocenters. The molecular formula is C15H21ClFN3O3. The normalized spacial score (nSPS) is 22.0. The molecule has 3 N–H and O–H groups in total. The Kier molecular flexibility index (Phi) is 5.57. The van der Waals surface area contributed by atoms with Crippen LogP contribution < -0.4 is 10.6 Å². The number of halogens is 2. The predicted molar refractivity (Wildman–Crippen MR) is 83.7 cm³/mol. The summed E-state index contributed by atoms with van der Waals surface area (Å²) in [5.41, 5.74) is -0.201. The molecule has 1 aliphatic heterocycles. The van der Waals surface area contributed by atoms with Gasteiger partial charge in [0.2, 0.25) is 0 Å². The van der Waals surface area contributed by atoms with Crippen LogP contribution in [0.25, 0.3) is 0 Å². The number of aliphatic hydroxyl groups is 1. The predicted octanol–water partition coefficient (Wildman–Crippen LogP) is 0.883. The van der Waals surface area contributed by atoms with Crippen molar-refractivity contribution in [2.24, 2.45) is 0 Å². The molecule has 0 aromatic carbocycles. The zero-order valence-corrected chi connectivity index (χ0v) is 14.1. The van der Waals surface area contributed by atoms with Crippen LogP contribution in [0.5, 0.6) is 0 Å². The van der Waals surface area contributed by atoms with E-state index in [2.05, 4.69) is 15.6 Å². The molecule has 1 fully saturated rings. The van der Waals surface area contributed by atoms with E-state index in [4.69, 9.17) is 21.4 Å². The molecule has 0 bridgehead atoms. The van der Waals surface area contributed by atoms with Crippen LogP contribution in [0.3, 0.4) is 0 Å². The number of nitrogens with zero attached hydrogens (tertiary/aromatic N) is 1. The van der Waals surface area contributed by atoms with Crippen LogP contribution in [0.15, 0.2) is 6.20 Å². The van der Waals surface area contributed by atoms with Crippen LogP contribution in [0, 0.1) is 12.7 Å². The van der Waals surface area contributed by atoms with Gasteiger partial charge in [-0.3, -0.25) is 9.78 Å². The zero-order chi connectivity index (χ0) is 17.2. The minimum atomic E-state index is -0.885. The highest BCUT2D eigenvalue weighted by Gasteiger charge is 2.33. The highest BCUT2D eigenvalue weighted by Crippen LogP contribution is 2.29. The molecule has 1 amide bonds. The first kappa shape index (κ1) is 18.1. The first-order valence-electron chi connectivity index (χ1n) is 7.35. The lowest BCUT2D eigenvalue weighted by Crippen LogP contribution is -2.56. The maximum Gasteiger partial charge on any atom is 0.251 e. The summed E-state index contributed by atoms with van der Waals surface area (Å²) in [6.45, 7) is 5.55. The smallest absolute Gasteiger partial charge is 0.251 e. The second kappa shape index (κ2) is 7.09. The molecule has 0 radical (unpaired) electrons. The van der Waals surface area contributed by atoms with Crippen LogP contribution in [-0.4, -0.2) is 47.9 Å². The first-order chi connectivity index (χ1) is 10.8. The average molecular weight is 346 g/mol. The Balaban J connectivity index is 2.09.